The van der Waals surface area contributed by atoms with E-state index in [0.717, 1.165) is 12.5 Å². The second kappa shape index (κ2) is 9.97. The quantitative estimate of drug-likeness (QED) is 0.374. The topological polar surface area (TPSA) is 137 Å². The number of hydrogen-bond donors (Lipinski definition) is 2. The summed E-state index contributed by atoms with van der Waals surface area (Å²) in [4.78, 5) is 45.7. The number of carbonyl (C=O) groups is 3. The second-order valence-electron chi connectivity index (χ2n) is 5.30. The number of methoxy groups -OCH3 is 1. The van der Waals surface area contributed by atoms with E-state index in [1.54, 1.807) is 0 Å². The highest BCUT2D eigenvalue weighted by Crippen LogP contribution is 2.24. The number of esters is 1. The molecule has 0 spiro atoms. The van der Waals surface area contributed by atoms with Crippen molar-refractivity contribution in [2.45, 2.75) is 26.3 Å². The number of nitro benzene ring substituents is 1. The summed E-state index contributed by atoms with van der Waals surface area (Å²) in [5.41, 5.74) is -0.494. The van der Waals surface area contributed by atoms with Crippen LogP contribution >= 0.6 is 0 Å². The molecule has 10 heteroatoms. The van der Waals surface area contributed by atoms with Crippen LogP contribution in [0.4, 0.5) is 5.69 Å². The van der Waals surface area contributed by atoms with E-state index in [-0.39, 0.29) is 22.9 Å². The fourth-order valence-electron chi connectivity index (χ4n) is 1.93. The predicted molar refractivity (Wildman–Crippen MR) is 90.8 cm³/mol. The smallest absolute Gasteiger partial charge is 0.342 e. The van der Waals surface area contributed by atoms with Crippen molar-refractivity contribution in [3.8, 4) is 5.75 Å². The van der Waals surface area contributed by atoms with Gasteiger partial charge in [0.05, 0.1) is 12.0 Å². The molecule has 1 aromatic carbocycles. The molecular weight excluding hydrogens is 346 g/mol. The first kappa shape index (κ1) is 20.9. The summed E-state index contributed by atoms with van der Waals surface area (Å²) >= 11 is 0. The van der Waals surface area contributed by atoms with Crippen molar-refractivity contribution >= 4 is 23.5 Å². The predicted octanol–water partition coefficient (Wildman–Crippen LogP) is 0.791. The summed E-state index contributed by atoms with van der Waals surface area (Å²) in [7, 11) is 1.29. The molecule has 0 aliphatic carbocycles. The minimum absolute atomic E-state index is 0.0771. The number of hydrogen-bond acceptors (Lipinski definition) is 7. The van der Waals surface area contributed by atoms with Crippen LogP contribution < -0.4 is 15.4 Å². The summed E-state index contributed by atoms with van der Waals surface area (Å²) in [6.07, 6.45) is 0.759. The van der Waals surface area contributed by atoms with E-state index < -0.39 is 29.4 Å². The maximum absolute atomic E-state index is 12.1. The van der Waals surface area contributed by atoms with Crippen molar-refractivity contribution in [1.29, 1.82) is 0 Å². The van der Waals surface area contributed by atoms with Gasteiger partial charge >= 0.3 is 5.97 Å². The average Bonchev–Trinajstić information content (AvgIpc) is 2.63. The van der Waals surface area contributed by atoms with Crippen LogP contribution in [-0.2, 0) is 14.3 Å². The second-order valence-corrected chi connectivity index (χ2v) is 5.30. The van der Waals surface area contributed by atoms with Gasteiger partial charge in [-0.1, -0.05) is 6.92 Å². The SMILES string of the molecule is CCCNC(=O)[C@@H](C)NC(=O)COC(=O)c1cc([N+](=O)[O-])ccc1OC. The highest BCUT2D eigenvalue weighted by molar-refractivity contribution is 5.95. The lowest BCUT2D eigenvalue weighted by Crippen LogP contribution is -2.46. The van der Waals surface area contributed by atoms with E-state index in [4.69, 9.17) is 9.47 Å². The minimum Gasteiger partial charge on any atom is -0.496 e. The number of nitrogens with one attached hydrogen (secondary N) is 2. The molecule has 0 saturated heterocycles. The van der Waals surface area contributed by atoms with Gasteiger partial charge in [0.25, 0.3) is 11.6 Å². The molecule has 0 unspecified atom stereocenters. The zero-order valence-electron chi connectivity index (χ0n) is 14.7. The largest absolute Gasteiger partial charge is 0.496 e. The lowest BCUT2D eigenvalue weighted by molar-refractivity contribution is -0.384. The van der Waals surface area contributed by atoms with Crippen LogP contribution in [0.5, 0.6) is 5.75 Å². The first-order valence-electron chi connectivity index (χ1n) is 7.86. The Kier molecular flexibility index (Phi) is 8.00. The van der Waals surface area contributed by atoms with Gasteiger partial charge in [-0.15, -0.1) is 0 Å². The molecule has 0 bridgehead atoms. The van der Waals surface area contributed by atoms with Gasteiger partial charge in [0.15, 0.2) is 6.61 Å². The van der Waals surface area contributed by atoms with Crippen molar-refractivity contribution in [3.63, 3.8) is 0 Å². The molecule has 0 aliphatic rings. The van der Waals surface area contributed by atoms with Crippen molar-refractivity contribution in [3.05, 3.63) is 33.9 Å². The van der Waals surface area contributed by atoms with E-state index in [1.165, 1.54) is 26.2 Å². The normalized spacial score (nSPS) is 11.2. The fraction of sp³-hybridized carbons (Fsp3) is 0.438. The van der Waals surface area contributed by atoms with E-state index in [0.29, 0.717) is 6.54 Å². The summed E-state index contributed by atoms with van der Waals surface area (Å²) in [5.74, 6) is -1.91. The number of nitro groups is 1. The van der Waals surface area contributed by atoms with Gasteiger partial charge in [0.1, 0.15) is 17.4 Å². The molecule has 0 aliphatic heterocycles. The Labute approximate surface area is 150 Å². The number of benzene rings is 1. The van der Waals surface area contributed by atoms with Crippen LogP contribution in [0.1, 0.15) is 30.6 Å². The van der Waals surface area contributed by atoms with Crippen molar-refractivity contribution < 1.29 is 28.8 Å². The van der Waals surface area contributed by atoms with Crippen LogP contribution in [0.25, 0.3) is 0 Å². The average molecular weight is 367 g/mol. The van der Waals surface area contributed by atoms with Gasteiger partial charge in [0.2, 0.25) is 5.91 Å². The van der Waals surface area contributed by atoms with Crippen molar-refractivity contribution in [1.82, 2.24) is 10.6 Å². The Hall–Kier alpha value is -3.17. The molecule has 1 atom stereocenters. The molecule has 2 amide bonds. The van der Waals surface area contributed by atoms with E-state index in [1.807, 2.05) is 6.92 Å². The Morgan fingerprint density at radius 1 is 1.31 bits per heavy atom. The third-order valence-corrected chi connectivity index (χ3v) is 3.27. The van der Waals surface area contributed by atoms with E-state index >= 15 is 0 Å². The molecule has 0 heterocycles. The van der Waals surface area contributed by atoms with Crippen LogP contribution in [0, 0.1) is 10.1 Å². The lowest BCUT2D eigenvalue weighted by Gasteiger charge is -2.14. The zero-order valence-corrected chi connectivity index (χ0v) is 14.7. The summed E-state index contributed by atoms with van der Waals surface area (Å²) in [5, 5.41) is 15.8. The fourth-order valence-corrected chi connectivity index (χ4v) is 1.93. The maximum atomic E-state index is 12.1. The molecule has 10 nitrogen and oxygen atoms in total. The van der Waals surface area contributed by atoms with Crippen LogP contribution in [-0.4, -0.2) is 49.0 Å². The lowest BCUT2D eigenvalue weighted by atomic mass is 10.2. The Bertz CT molecular complexity index is 690. The number of ether oxygens (including phenoxy) is 2. The summed E-state index contributed by atoms with van der Waals surface area (Å²) < 4.78 is 9.81. The minimum atomic E-state index is -0.955. The zero-order chi connectivity index (χ0) is 19.7. The van der Waals surface area contributed by atoms with Gasteiger partial charge in [-0.05, 0) is 19.4 Å². The Balaban J connectivity index is 2.66. The highest BCUT2D eigenvalue weighted by Gasteiger charge is 2.21. The maximum Gasteiger partial charge on any atom is 0.342 e. The van der Waals surface area contributed by atoms with Crippen molar-refractivity contribution in [2.75, 3.05) is 20.3 Å². The van der Waals surface area contributed by atoms with Crippen LogP contribution in [0.3, 0.4) is 0 Å². The molecule has 2 N–H and O–H groups in total. The molecule has 1 aromatic rings. The monoisotopic (exact) mass is 367 g/mol. The molecule has 1 rings (SSSR count). The number of amides is 2. The van der Waals surface area contributed by atoms with Gasteiger partial charge in [0, 0.05) is 18.7 Å². The number of nitrogens with zero attached hydrogens (tertiary/aromatic N) is 1. The van der Waals surface area contributed by atoms with Crippen molar-refractivity contribution in [2.24, 2.45) is 0 Å². The van der Waals surface area contributed by atoms with Crippen LogP contribution in [0.2, 0.25) is 0 Å². The molecule has 142 valence electrons. The van der Waals surface area contributed by atoms with Gasteiger partial charge in [-0.25, -0.2) is 4.79 Å². The first-order chi connectivity index (χ1) is 12.3. The number of rotatable bonds is 9. The van der Waals surface area contributed by atoms with Crippen LogP contribution in [0.15, 0.2) is 18.2 Å². The molecule has 0 fully saturated rings. The van der Waals surface area contributed by atoms with E-state index in [9.17, 15) is 24.5 Å². The third kappa shape index (κ3) is 6.04. The molecule has 0 radical (unpaired) electrons. The summed E-state index contributed by atoms with van der Waals surface area (Å²) in [6.45, 7) is 3.23. The van der Waals surface area contributed by atoms with E-state index in [2.05, 4.69) is 10.6 Å². The molecule has 0 aromatic heterocycles. The summed E-state index contributed by atoms with van der Waals surface area (Å²) in [6, 6.07) is 2.65. The third-order valence-electron chi connectivity index (χ3n) is 3.27. The molecule has 0 saturated carbocycles. The Morgan fingerprint density at radius 2 is 2.00 bits per heavy atom. The van der Waals surface area contributed by atoms with Gasteiger partial charge in [-0.2, -0.15) is 0 Å². The molecule has 26 heavy (non-hydrogen) atoms. The number of non-ortho nitro benzene ring substituents is 1. The standard InChI is InChI=1S/C16H21N3O7/c1-4-7-17-15(21)10(2)18-14(20)9-26-16(22)12-8-11(19(23)24)5-6-13(12)25-3/h5-6,8,10H,4,7,9H2,1-3H3,(H,17,21)(H,18,20)/t10-/m1/s1. The van der Waals surface area contributed by atoms with Gasteiger partial charge in [-0.3, -0.25) is 19.7 Å². The molecular formula is C16H21N3O7. The Morgan fingerprint density at radius 3 is 2.58 bits per heavy atom. The highest BCUT2D eigenvalue weighted by atomic mass is 16.6. The first-order valence-corrected chi connectivity index (χ1v) is 7.86. The number of carbonyl (C=O) groups excluding carboxylic acids is 3. The van der Waals surface area contributed by atoms with Gasteiger partial charge < -0.3 is 20.1 Å².